The number of carbonyl (C=O) groups excluding carboxylic acids is 1. The van der Waals surface area contributed by atoms with Gasteiger partial charge in [-0.25, -0.2) is 4.98 Å². The van der Waals surface area contributed by atoms with Crippen molar-refractivity contribution in [2.45, 2.75) is 20.1 Å². The molecule has 0 fully saturated rings. The fourth-order valence-corrected chi connectivity index (χ4v) is 3.75. The normalized spacial score (nSPS) is 10.9. The molecule has 5 aromatic rings. The lowest BCUT2D eigenvalue weighted by Crippen LogP contribution is -2.03. The Bertz CT molecular complexity index is 1440. The lowest BCUT2D eigenvalue weighted by molar-refractivity contribution is 0.112. The van der Waals surface area contributed by atoms with E-state index in [2.05, 4.69) is 10.1 Å². The van der Waals surface area contributed by atoms with E-state index >= 15 is 0 Å². The second-order valence-corrected chi connectivity index (χ2v) is 7.89. The molecule has 0 amide bonds. The maximum Gasteiger partial charge on any atom is 0.263 e. The molecule has 0 bridgehead atoms. The Morgan fingerprint density at radius 1 is 1.06 bits per heavy atom. The number of hydrogen-bond acceptors (Lipinski definition) is 7. The molecule has 35 heavy (non-hydrogen) atoms. The molecule has 0 spiro atoms. The fraction of sp³-hybridized carbons (Fsp3) is 0.148. The highest BCUT2D eigenvalue weighted by atomic mass is 16.5. The second kappa shape index (κ2) is 9.72. The quantitative estimate of drug-likeness (QED) is 0.261. The zero-order valence-corrected chi connectivity index (χ0v) is 19.3. The minimum atomic E-state index is 0.216. The Labute approximate surface area is 201 Å². The lowest BCUT2D eigenvalue weighted by Gasteiger charge is -2.12. The molecule has 0 saturated heterocycles. The van der Waals surface area contributed by atoms with Crippen LogP contribution in [-0.4, -0.2) is 28.2 Å². The molecular weight excluding hydrogens is 446 g/mol. The number of carbonyl (C=O) groups is 1. The molecule has 2 aromatic carbocycles. The third-order valence-corrected chi connectivity index (χ3v) is 5.53. The molecule has 3 heterocycles. The topological polar surface area (TPSA) is 92.5 Å². The summed E-state index contributed by atoms with van der Waals surface area (Å²) in [7, 11) is 1.59. The van der Waals surface area contributed by atoms with Gasteiger partial charge in [0, 0.05) is 11.8 Å². The van der Waals surface area contributed by atoms with Crippen molar-refractivity contribution in [2.75, 3.05) is 7.11 Å². The molecule has 0 saturated carbocycles. The predicted molar refractivity (Wildman–Crippen MR) is 128 cm³/mol. The van der Waals surface area contributed by atoms with Gasteiger partial charge in [0.25, 0.3) is 5.89 Å². The van der Waals surface area contributed by atoms with E-state index in [0.29, 0.717) is 52.4 Å². The summed E-state index contributed by atoms with van der Waals surface area (Å²) in [6.45, 7) is 2.52. The number of benzene rings is 2. The first-order chi connectivity index (χ1) is 17.1. The van der Waals surface area contributed by atoms with Crippen molar-refractivity contribution in [1.82, 2.24) is 14.8 Å². The van der Waals surface area contributed by atoms with Crippen LogP contribution in [-0.2, 0) is 13.2 Å². The summed E-state index contributed by atoms with van der Waals surface area (Å²) in [6.07, 6.45) is 4.14. The SMILES string of the molecule is COc1cc(Cn2cc(C=O)c(-c3ccccc3)n2)ccc1OCc1nc(-c2ccco2)oc1C. The number of methoxy groups -OCH3 is 1. The van der Waals surface area contributed by atoms with Crippen molar-refractivity contribution in [1.29, 1.82) is 0 Å². The van der Waals surface area contributed by atoms with Crippen LogP contribution in [0.25, 0.3) is 22.9 Å². The first kappa shape index (κ1) is 22.2. The summed E-state index contributed by atoms with van der Waals surface area (Å²) in [6, 6.07) is 18.9. The standard InChI is InChI=1S/C27H23N3O5/c1-18-22(28-27(35-18)24-9-6-12-33-24)17-34-23-11-10-19(13-25(23)32-2)14-30-15-21(16-31)26(29-30)20-7-4-3-5-8-20/h3-13,15-16H,14,17H2,1-2H3. The van der Waals surface area contributed by atoms with Crippen molar-refractivity contribution in [3.63, 3.8) is 0 Å². The van der Waals surface area contributed by atoms with Crippen molar-refractivity contribution in [3.8, 4) is 34.4 Å². The molecule has 0 aliphatic heterocycles. The summed E-state index contributed by atoms with van der Waals surface area (Å²) in [5.41, 5.74) is 3.72. The molecule has 0 radical (unpaired) electrons. The van der Waals surface area contributed by atoms with Gasteiger partial charge < -0.3 is 18.3 Å². The monoisotopic (exact) mass is 469 g/mol. The first-order valence-electron chi connectivity index (χ1n) is 11.0. The van der Waals surface area contributed by atoms with Gasteiger partial charge in [0.1, 0.15) is 23.8 Å². The largest absolute Gasteiger partial charge is 0.493 e. The Balaban J connectivity index is 1.31. The van der Waals surface area contributed by atoms with Crippen molar-refractivity contribution < 1.29 is 23.1 Å². The van der Waals surface area contributed by atoms with E-state index in [4.69, 9.17) is 18.3 Å². The van der Waals surface area contributed by atoms with Gasteiger partial charge in [-0.05, 0) is 36.8 Å². The van der Waals surface area contributed by atoms with Gasteiger partial charge in [0.05, 0.1) is 25.5 Å². The van der Waals surface area contributed by atoms with Crippen LogP contribution in [0.1, 0.15) is 27.4 Å². The summed E-state index contributed by atoms with van der Waals surface area (Å²) < 4.78 is 24.3. The smallest absolute Gasteiger partial charge is 0.263 e. The zero-order chi connectivity index (χ0) is 24.2. The van der Waals surface area contributed by atoms with Gasteiger partial charge in [-0.2, -0.15) is 5.10 Å². The van der Waals surface area contributed by atoms with Gasteiger partial charge in [-0.3, -0.25) is 9.48 Å². The molecule has 0 aliphatic rings. The Kier molecular flexibility index (Phi) is 6.17. The molecule has 5 rings (SSSR count). The van der Waals surface area contributed by atoms with Crippen LogP contribution >= 0.6 is 0 Å². The number of furan rings is 1. The van der Waals surface area contributed by atoms with Crippen LogP contribution in [0.3, 0.4) is 0 Å². The molecule has 8 nitrogen and oxygen atoms in total. The summed E-state index contributed by atoms with van der Waals surface area (Å²) in [5, 5.41) is 4.62. The average Bonchev–Trinajstić information content (AvgIpc) is 3.64. The number of oxazole rings is 1. The third kappa shape index (κ3) is 4.72. The van der Waals surface area contributed by atoms with E-state index in [1.807, 2.05) is 55.5 Å². The first-order valence-corrected chi connectivity index (χ1v) is 11.0. The van der Waals surface area contributed by atoms with E-state index in [1.165, 1.54) is 0 Å². The highest BCUT2D eigenvalue weighted by Crippen LogP contribution is 2.30. The highest BCUT2D eigenvalue weighted by molar-refractivity contribution is 5.85. The van der Waals surface area contributed by atoms with Crippen LogP contribution in [0.4, 0.5) is 0 Å². The van der Waals surface area contributed by atoms with Crippen LogP contribution in [0.2, 0.25) is 0 Å². The van der Waals surface area contributed by atoms with Crippen molar-refractivity contribution in [3.05, 3.63) is 95.7 Å². The maximum absolute atomic E-state index is 11.6. The number of nitrogens with zero attached hydrogens (tertiary/aromatic N) is 3. The highest BCUT2D eigenvalue weighted by Gasteiger charge is 2.16. The average molecular weight is 469 g/mol. The Hall–Kier alpha value is -4.59. The minimum absolute atomic E-state index is 0.216. The molecule has 176 valence electrons. The van der Waals surface area contributed by atoms with Gasteiger partial charge in [0.2, 0.25) is 0 Å². The van der Waals surface area contributed by atoms with E-state index in [1.54, 1.807) is 36.4 Å². The number of aldehydes is 1. The number of ether oxygens (including phenoxy) is 2. The number of aromatic nitrogens is 3. The third-order valence-electron chi connectivity index (χ3n) is 5.53. The predicted octanol–water partition coefficient (Wildman–Crippen LogP) is 5.55. The Morgan fingerprint density at radius 3 is 2.66 bits per heavy atom. The minimum Gasteiger partial charge on any atom is -0.493 e. The summed E-state index contributed by atoms with van der Waals surface area (Å²) in [4.78, 5) is 16.1. The van der Waals surface area contributed by atoms with E-state index < -0.39 is 0 Å². The molecule has 3 aromatic heterocycles. The van der Waals surface area contributed by atoms with Crippen molar-refractivity contribution >= 4 is 6.29 Å². The van der Waals surface area contributed by atoms with Crippen LogP contribution in [0.15, 0.2) is 82.0 Å². The van der Waals surface area contributed by atoms with Gasteiger partial charge in [0.15, 0.2) is 23.5 Å². The van der Waals surface area contributed by atoms with Crippen LogP contribution in [0.5, 0.6) is 11.5 Å². The van der Waals surface area contributed by atoms with Crippen LogP contribution in [0, 0.1) is 6.92 Å². The number of aryl methyl sites for hydroxylation is 1. The van der Waals surface area contributed by atoms with Crippen molar-refractivity contribution in [2.24, 2.45) is 0 Å². The molecule has 8 heteroatoms. The second-order valence-electron chi connectivity index (χ2n) is 7.89. The molecule has 0 unspecified atom stereocenters. The van der Waals surface area contributed by atoms with E-state index in [9.17, 15) is 4.79 Å². The Morgan fingerprint density at radius 2 is 1.91 bits per heavy atom. The van der Waals surface area contributed by atoms with Gasteiger partial charge in [-0.15, -0.1) is 0 Å². The number of rotatable bonds is 9. The van der Waals surface area contributed by atoms with E-state index in [-0.39, 0.29) is 6.61 Å². The molecule has 0 N–H and O–H groups in total. The van der Waals surface area contributed by atoms with Gasteiger partial charge in [-0.1, -0.05) is 36.4 Å². The summed E-state index contributed by atoms with van der Waals surface area (Å²) in [5.74, 6) is 2.80. The summed E-state index contributed by atoms with van der Waals surface area (Å²) >= 11 is 0. The molecular formula is C27H23N3O5. The maximum atomic E-state index is 11.6. The fourth-order valence-electron chi connectivity index (χ4n) is 3.75. The van der Waals surface area contributed by atoms with E-state index in [0.717, 1.165) is 17.4 Å². The zero-order valence-electron chi connectivity index (χ0n) is 19.3. The van der Waals surface area contributed by atoms with Gasteiger partial charge >= 0.3 is 0 Å². The number of hydrogen-bond donors (Lipinski definition) is 0. The lowest BCUT2D eigenvalue weighted by atomic mass is 10.1. The van der Waals surface area contributed by atoms with Crippen LogP contribution < -0.4 is 9.47 Å². The molecule has 0 atom stereocenters. The molecule has 0 aliphatic carbocycles.